The molecule has 0 saturated carbocycles. The second kappa shape index (κ2) is 10.3. The number of benzene rings is 3. The Hall–Kier alpha value is -3.92. The van der Waals surface area contributed by atoms with E-state index < -0.39 is 15.9 Å². The molecule has 0 spiro atoms. The molecule has 0 aliphatic carbocycles. The molecular formula is C24H26N2O7S. The number of amides is 1. The quantitative estimate of drug-likeness (QED) is 0.469. The molecule has 0 fully saturated rings. The lowest BCUT2D eigenvalue weighted by atomic mass is 10.1. The van der Waals surface area contributed by atoms with E-state index in [0.29, 0.717) is 17.2 Å². The molecule has 180 valence electrons. The van der Waals surface area contributed by atoms with E-state index in [1.165, 1.54) is 46.6 Å². The van der Waals surface area contributed by atoms with E-state index in [-0.39, 0.29) is 27.6 Å². The molecular weight excluding hydrogens is 460 g/mol. The molecule has 0 aliphatic heterocycles. The highest BCUT2D eigenvalue weighted by Gasteiger charge is 2.20. The van der Waals surface area contributed by atoms with Gasteiger partial charge in [-0.25, -0.2) is 8.42 Å². The molecule has 9 nitrogen and oxygen atoms in total. The molecule has 0 bridgehead atoms. The van der Waals surface area contributed by atoms with Crippen molar-refractivity contribution in [2.24, 2.45) is 0 Å². The van der Waals surface area contributed by atoms with Gasteiger partial charge in [0.05, 0.1) is 44.7 Å². The number of hydrogen-bond acceptors (Lipinski definition) is 7. The van der Waals surface area contributed by atoms with Crippen molar-refractivity contribution in [3.8, 4) is 23.0 Å². The van der Waals surface area contributed by atoms with Gasteiger partial charge in [-0.1, -0.05) is 12.1 Å². The summed E-state index contributed by atoms with van der Waals surface area (Å²) in [5, 5.41) is 2.71. The average molecular weight is 487 g/mol. The molecule has 2 N–H and O–H groups in total. The Bertz CT molecular complexity index is 1280. The maximum absolute atomic E-state index is 13.0. The topological polar surface area (TPSA) is 112 Å². The Labute approximate surface area is 198 Å². The lowest BCUT2D eigenvalue weighted by molar-refractivity contribution is 0.102. The molecule has 0 unspecified atom stereocenters. The summed E-state index contributed by atoms with van der Waals surface area (Å²) in [6.07, 6.45) is 0. The second-order valence-corrected chi connectivity index (χ2v) is 8.81. The maximum Gasteiger partial charge on any atom is 0.262 e. The Kier molecular flexibility index (Phi) is 7.52. The molecule has 1 amide bonds. The van der Waals surface area contributed by atoms with Crippen LogP contribution in [0.4, 0.5) is 11.4 Å². The predicted octanol–water partition coefficient (Wildman–Crippen LogP) is 4.08. The van der Waals surface area contributed by atoms with E-state index in [0.717, 1.165) is 5.56 Å². The molecule has 34 heavy (non-hydrogen) atoms. The Morgan fingerprint density at radius 3 is 1.88 bits per heavy atom. The number of methoxy groups -OCH3 is 4. The molecule has 3 aromatic carbocycles. The first-order valence-corrected chi connectivity index (χ1v) is 11.6. The van der Waals surface area contributed by atoms with E-state index in [9.17, 15) is 13.2 Å². The third-order valence-corrected chi connectivity index (χ3v) is 6.46. The fraction of sp³-hybridized carbons (Fsp3) is 0.208. The van der Waals surface area contributed by atoms with Crippen LogP contribution in [0.25, 0.3) is 0 Å². The largest absolute Gasteiger partial charge is 0.496 e. The van der Waals surface area contributed by atoms with Crippen molar-refractivity contribution < 1.29 is 32.2 Å². The monoisotopic (exact) mass is 486 g/mol. The molecule has 0 aromatic heterocycles. The number of anilines is 2. The van der Waals surface area contributed by atoms with Crippen LogP contribution in [0.5, 0.6) is 23.0 Å². The minimum atomic E-state index is -4.00. The molecule has 3 aromatic rings. The summed E-state index contributed by atoms with van der Waals surface area (Å²) in [7, 11) is 1.86. The first-order chi connectivity index (χ1) is 16.2. The molecule has 10 heteroatoms. The van der Waals surface area contributed by atoms with Crippen molar-refractivity contribution >= 4 is 27.3 Å². The van der Waals surface area contributed by atoms with Gasteiger partial charge in [-0.15, -0.1) is 0 Å². The van der Waals surface area contributed by atoms with Crippen LogP contribution in [0.3, 0.4) is 0 Å². The molecule has 0 heterocycles. The van der Waals surface area contributed by atoms with E-state index >= 15 is 0 Å². The van der Waals surface area contributed by atoms with Gasteiger partial charge in [0.1, 0.15) is 23.0 Å². The number of hydrogen-bond donors (Lipinski definition) is 2. The maximum atomic E-state index is 13.0. The van der Waals surface area contributed by atoms with Crippen molar-refractivity contribution in [1.29, 1.82) is 0 Å². The highest BCUT2D eigenvalue weighted by molar-refractivity contribution is 7.92. The number of ether oxygens (including phenoxy) is 4. The number of rotatable bonds is 9. The number of sulfonamides is 1. The first kappa shape index (κ1) is 24.7. The lowest BCUT2D eigenvalue weighted by Gasteiger charge is -2.16. The molecule has 3 rings (SSSR count). The van der Waals surface area contributed by atoms with Crippen molar-refractivity contribution in [2.45, 2.75) is 11.8 Å². The minimum Gasteiger partial charge on any atom is -0.496 e. The van der Waals surface area contributed by atoms with Crippen LogP contribution in [0, 0.1) is 6.92 Å². The van der Waals surface area contributed by atoms with Crippen LogP contribution in [-0.2, 0) is 10.0 Å². The van der Waals surface area contributed by atoms with Crippen molar-refractivity contribution in [3.05, 3.63) is 65.7 Å². The number of nitrogens with one attached hydrogen (secondary N) is 2. The zero-order valence-corrected chi connectivity index (χ0v) is 20.3. The standard InChI is InChI=1S/C24H26N2O7S/c1-15-22(32-4)12-16(13-23(15)33-5)24(27)25-19-14-17(10-11-21(19)31-3)34(28,29)26-18-8-6-7-9-20(18)30-2/h6-14,26H,1-5H3,(H,25,27). The van der Waals surface area contributed by atoms with Gasteiger partial charge in [-0.3, -0.25) is 9.52 Å². The van der Waals surface area contributed by atoms with Crippen molar-refractivity contribution in [2.75, 3.05) is 38.5 Å². The van der Waals surface area contributed by atoms with Gasteiger partial charge in [0, 0.05) is 11.1 Å². The lowest BCUT2D eigenvalue weighted by Crippen LogP contribution is -2.16. The first-order valence-electron chi connectivity index (χ1n) is 10.1. The summed E-state index contributed by atoms with van der Waals surface area (Å²) in [4.78, 5) is 12.9. The van der Waals surface area contributed by atoms with Crippen LogP contribution in [0.1, 0.15) is 15.9 Å². The summed E-state index contributed by atoms with van der Waals surface area (Å²) < 4.78 is 49.7. The second-order valence-electron chi connectivity index (χ2n) is 7.13. The van der Waals surface area contributed by atoms with E-state index in [2.05, 4.69) is 10.0 Å². The summed E-state index contributed by atoms with van der Waals surface area (Å²) in [6.45, 7) is 1.81. The van der Waals surface area contributed by atoms with E-state index in [1.54, 1.807) is 36.4 Å². The van der Waals surface area contributed by atoms with Crippen molar-refractivity contribution in [3.63, 3.8) is 0 Å². The smallest absolute Gasteiger partial charge is 0.262 e. The van der Waals surface area contributed by atoms with Gasteiger partial charge < -0.3 is 24.3 Å². The Morgan fingerprint density at radius 1 is 0.735 bits per heavy atom. The highest BCUT2D eigenvalue weighted by atomic mass is 32.2. The highest BCUT2D eigenvalue weighted by Crippen LogP contribution is 2.33. The van der Waals surface area contributed by atoms with Crippen LogP contribution in [0.15, 0.2) is 59.5 Å². The zero-order chi connectivity index (χ0) is 24.9. The predicted molar refractivity (Wildman–Crippen MR) is 129 cm³/mol. The Balaban J connectivity index is 1.95. The molecule has 0 saturated heterocycles. The third kappa shape index (κ3) is 5.18. The molecule has 0 aliphatic rings. The average Bonchev–Trinajstić information content (AvgIpc) is 2.84. The van der Waals surface area contributed by atoms with Gasteiger partial charge in [0.15, 0.2) is 0 Å². The number of para-hydroxylation sites is 2. The summed E-state index contributed by atoms with van der Waals surface area (Å²) in [5.74, 6) is 1.12. The third-order valence-electron chi connectivity index (χ3n) is 5.10. The number of carbonyl (C=O) groups is 1. The van der Waals surface area contributed by atoms with Crippen LogP contribution >= 0.6 is 0 Å². The fourth-order valence-corrected chi connectivity index (χ4v) is 4.39. The summed E-state index contributed by atoms with van der Waals surface area (Å²) in [5.41, 5.74) is 1.47. The SMILES string of the molecule is COc1ccc(S(=O)(=O)Nc2ccccc2OC)cc1NC(=O)c1cc(OC)c(C)c(OC)c1. The van der Waals surface area contributed by atoms with Crippen LogP contribution < -0.4 is 29.0 Å². The Morgan fingerprint density at radius 2 is 1.29 bits per heavy atom. The van der Waals surface area contributed by atoms with Gasteiger partial charge in [0.2, 0.25) is 0 Å². The normalized spacial score (nSPS) is 10.9. The van der Waals surface area contributed by atoms with Gasteiger partial charge in [-0.2, -0.15) is 0 Å². The minimum absolute atomic E-state index is 0.0754. The zero-order valence-electron chi connectivity index (χ0n) is 19.5. The summed E-state index contributed by atoms with van der Waals surface area (Å²) in [6, 6.07) is 13.9. The molecule has 0 atom stereocenters. The van der Waals surface area contributed by atoms with Crippen molar-refractivity contribution in [1.82, 2.24) is 0 Å². The fourth-order valence-electron chi connectivity index (χ4n) is 3.30. The van der Waals surface area contributed by atoms with E-state index in [1.807, 2.05) is 6.92 Å². The van der Waals surface area contributed by atoms with Gasteiger partial charge >= 0.3 is 0 Å². The molecule has 0 radical (unpaired) electrons. The van der Waals surface area contributed by atoms with Crippen LogP contribution in [-0.4, -0.2) is 42.8 Å². The van der Waals surface area contributed by atoms with Gasteiger partial charge in [0.25, 0.3) is 15.9 Å². The van der Waals surface area contributed by atoms with Crippen LogP contribution in [0.2, 0.25) is 0 Å². The van der Waals surface area contributed by atoms with E-state index in [4.69, 9.17) is 18.9 Å². The number of carbonyl (C=O) groups excluding carboxylic acids is 1. The summed E-state index contributed by atoms with van der Waals surface area (Å²) >= 11 is 0. The van der Waals surface area contributed by atoms with Gasteiger partial charge in [-0.05, 0) is 49.4 Å².